The number of carboxylic acid groups (broad SMARTS) is 1. The van der Waals surface area contributed by atoms with Gasteiger partial charge in [-0.3, -0.25) is 9.79 Å². The number of nitrogens with two attached hydrogens (primary N) is 1. The smallest absolute Gasteiger partial charge is 0.335 e. The molecule has 0 saturated carbocycles. The summed E-state index contributed by atoms with van der Waals surface area (Å²) in [5.74, 6) is -1.27. The number of phenolic OH excluding ortho intramolecular Hbond substituents is 1. The SMILES string of the molecule is CC(C)C1CNCC2(O)C(Oc3ccc4c(c3)OC(C(N)=O)C(c3ccc(O)cc3)=C4O)OC(C(=O)O)C(O)C2OCSSCC1C1=CCN=C1. The predicted octanol–water partition coefficient (Wildman–Crippen LogP) is 2.57. The first kappa shape index (κ1) is 37.0. The summed E-state index contributed by atoms with van der Waals surface area (Å²) in [4.78, 5) is 29.2. The highest BCUT2D eigenvalue weighted by atomic mass is 33.1. The Bertz CT molecular complexity index is 1720. The Balaban J connectivity index is 1.32. The molecule has 0 aromatic heterocycles. The van der Waals surface area contributed by atoms with E-state index < -0.39 is 48.2 Å². The third kappa shape index (κ3) is 7.58. The van der Waals surface area contributed by atoms with Crippen molar-refractivity contribution < 1.29 is 54.1 Å². The van der Waals surface area contributed by atoms with Crippen molar-refractivity contribution in [2.45, 2.75) is 50.2 Å². The molecule has 4 heterocycles. The number of phenols is 1. The van der Waals surface area contributed by atoms with Crippen molar-refractivity contribution in [3.63, 3.8) is 0 Å². The minimum Gasteiger partial charge on any atom is -0.508 e. The molecule has 51 heavy (non-hydrogen) atoms. The van der Waals surface area contributed by atoms with Crippen LogP contribution in [0.25, 0.3) is 11.3 Å². The third-order valence-corrected chi connectivity index (χ3v) is 11.7. The topological polar surface area (TPSA) is 223 Å². The molecule has 0 aliphatic carbocycles. The number of primary amides is 1. The summed E-state index contributed by atoms with van der Waals surface area (Å²) in [7, 11) is 2.97. The Hall–Kier alpha value is -3.77. The number of β-amino-alcohol motifs (C(OH)–C–C–N with tert-alkyl or cyclic N) is 1. The average molecular weight is 744 g/mol. The first-order chi connectivity index (χ1) is 24.4. The summed E-state index contributed by atoms with van der Waals surface area (Å²) < 4.78 is 23.9. The van der Waals surface area contributed by atoms with Crippen LogP contribution in [0.3, 0.4) is 0 Å². The highest BCUT2D eigenvalue weighted by molar-refractivity contribution is 8.76. The number of aliphatic imine (C=N–C) groups is 1. The number of carbonyl (C=O) groups is 2. The lowest BCUT2D eigenvalue weighted by molar-refractivity contribution is -0.316. The number of carbonyl (C=O) groups excluding carboxylic acids is 1. The molecule has 4 aliphatic heterocycles. The maximum Gasteiger partial charge on any atom is 0.335 e. The van der Waals surface area contributed by atoms with Crippen molar-refractivity contribution in [1.29, 1.82) is 0 Å². The summed E-state index contributed by atoms with van der Waals surface area (Å²) in [6.45, 7) is 5.17. The van der Waals surface area contributed by atoms with Crippen molar-refractivity contribution in [3.05, 3.63) is 65.2 Å². The molecule has 2 aromatic rings. The van der Waals surface area contributed by atoms with E-state index in [4.69, 9.17) is 24.7 Å². The van der Waals surface area contributed by atoms with E-state index in [1.807, 2.05) is 6.21 Å². The molecule has 16 heteroatoms. The van der Waals surface area contributed by atoms with Crippen LogP contribution >= 0.6 is 21.6 Å². The number of ether oxygens (including phenoxy) is 4. The van der Waals surface area contributed by atoms with E-state index in [1.54, 1.807) is 10.8 Å². The molecule has 2 saturated heterocycles. The first-order valence-corrected chi connectivity index (χ1v) is 18.9. The summed E-state index contributed by atoms with van der Waals surface area (Å²) in [5, 5.41) is 57.9. The van der Waals surface area contributed by atoms with E-state index in [2.05, 4.69) is 30.2 Å². The van der Waals surface area contributed by atoms with Gasteiger partial charge in [0.15, 0.2) is 11.7 Å². The number of hydrogen-bond donors (Lipinski definition) is 7. The second-order valence-corrected chi connectivity index (χ2v) is 15.6. The van der Waals surface area contributed by atoms with Gasteiger partial charge in [0.25, 0.3) is 5.91 Å². The number of nitrogens with zero attached hydrogens (tertiary/aromatic N) is 1. The van der Waals surface area contributed by atoms with Gasteiger partial charge in [-0.1, -0.05) is 53.6 Å². The maximum absolute atomic E-state index is 12.5. The average Bonchev–Trinajstić information content (AvgIpc) is 3.62. The van der Waals surface area contributed by atoms with Gasteiger partial charge in [0.1, 0.15) is 41.2 Å². The van der Waals surface area contributed by atoms with Gasteiger partial charge in [-0.15, -0.1) is 0 Å². The molecule has 8 N–H and O–H groups in total. The fourth-order valence-corrected chi connectivity index (χ4v) is 8.93. The van der Waals surface area contributed by atoms with E-state index in [-0.39, 0.29) is 64.4 Å². The number of rotatable bonds is 7. The Kier molecular flexibility index (Phi) is 11.2. The summed E-state index contributed by atoms with van der Waals surface area (Å²) in [5.41, 5.74) is 5.41. The zero-order valence-electron chi connectivity index (χ0n) is 27.9. The predicted molar refractivity (Wildman–Crippen MR) is 191 cm³/mol. The van der Waals surface area contributed by atoms with Crippen LogP contribution in [0.4, 0.5) is 0 Å². The Morgan fingerprint density at radius 3 is 2.57 bits per heavy atom. The molecule has 8 unspecified atom stereocenters. The van der Waals surface area contributed by atoms with Gasteiger partial charge in [-0.2, -0.15) is 0 Å². The first-order valence-electron chi connectivity index (χ1n) is 16.4. The van der Waals surface area contributed by atoms with Gasteiger partial charge in [0.05, 0.1) is 17.7 Å². The quantitative estimate of drug-likeness (QED) is 0.203. The van der Waals surface area contributed by atoms with E-state index in [1.165, 1.54) is 53.3 Å². The number of allylic oxidation sites excluding steroid dienone is 1. The van der Waals surface area contributed by atoms with Crippen molar-refractivity contribution in [1.82, 2.24) is 5.32 Å². The van der Waals surface area contributed by atoms with Crippen LogP contribution in [0.1, 0.15) is 25.0 Å². The van der Waals surface area contributed by atoms with Crippen molar-refractivity contribution in [3.8, 4) is 17.2 Å². The maximum atomic E-state index is 12.5. The molecular formula is C35H41N3O11S2. The molecular weight excluding hydrogens is 703 g/mol. The van der Waals surface area contributed by atoms with Gasteiger partial charge >= 0.3 is 5.97 Å². The van der Waals surface area contributed by atoms with E-state index in [0.717, 1.165) is 11.3 Å². The molecule has 2 aromatic carbocycles. The molecule has 1 amide bonds. The van der Waals surface area contributed by atoms with Crippen molar-refractivity contribution >= 4 is 51.0 Å². The van der Waals surface area contributed by atoms with Crippen molar-refractivity contribution in [2.24, 2.45) is 28.5 Å². The fourth-order valence-electron chi connectivity index (χ4n) is 6.88. The van der Waals surface area contributed by atoms with Crippen LogP contribution in [0.2, 0.25) is 0 Å². The monoisotopic (exact) mass is 743 g/mol. The fraction of sp³-hybridized carbons (Fsp3) is 0.457. The second kappa shape index (κ2) is 15.5. The number of benzene rings is 2. The zero-order valence-corrected chi connectivity index (χ0v) is 29.5. The Labute approximate surface area is 302 Å². The summed E-state index contributed by atoms with van der Waals surface area (Å²) >= 11 is 0. The standard InChI is InChI=1S/C35H41N3O11S2/c1-17(2)23-13-38-15-35(45)31(46-16-51-50-14-24(23)19-9-10-37-12-19)28(41)30(33(43)44)49-34(35)47-21-7-8-22-25(11-21)48-29(32(36)42)26(27(22)40)18-3-5-20(39)6-4-18/h3-9,11-12,17,23-24,28-31,34,38-41,45H,10,13-16H2,1-2H3,(H2,36,42)(H,43,44). The van der Waals surface area contributed by atoms with Gasteiger partial charge < -0.3 is 55.5 Å². The summed E-state index contributed by atoms with van der Waals surface area (Å²) in [6, 6.07) is 10.1. The number of aliphatic hydroxyl groups excluding tert-OH is 2. The van der Waals surface area contributed by atoms with E-state index >= 15 is 0 Å². The molecule has 0 spiro atoms. The van der Waals surface area contributed by atoms with Crippen LogP contribution in [-0.4, -0.2) is 111 Å². The van der Waals surface area contributed by atoms with E-state index in [9.17, 15) is 35.1 Å². The highest BCUT2D eigenvalue weighted by Crippen LogP contribution is 2.43. The van der Waals surface area contributed by atoms with Gasteiger partial charge in [0.2, 0.25) is 12.4 Å². The second-order valence-electron chi connectivity index (χ2n) is 13.1. The van der Waals surface area contributed by atoms with Crippen LogP contribution in [0.15, 0.2) is 59.1 Å². The minimum atomic E-state index is -2.11. The van der Waals surface area contributed by atoms with E-state index in [0.29, 0.717) is 18.7 Å². The largest absolute Gasteiger partial charge is 0.508 e. The number of amides is 1. The molecule has 4 aliphatic rings. The lowest BCUT2D eigenvalue weighted by atomic mass is 9.79. The number of hydrogen-bond acceptors (Lipinski definition) is 14. The van der Waals surface area contributed by atoms with Crippen molar-refractivity contribution in [2.75, 3.05) is 31.3 Å². The lowest BCUT2D eigenvalue weighted by Crippen LogP contribution is -2.72. The van der Waals surface area contributed by atoms with Crippen LogP contribution < -0.4 is 20.5 Å². The number of aromatic hydroxyl groups is 1. The number of carboxylic acids is 1. The molecule has 2 fully saturated rings. The molecule has 6 rings (SSSR count). The zero-order chi connectivity index (χ0) is 36.4. The molecule has 0 bridgehead atoms. The van der Waals surface area contributed by atoms with Crippen LogP contribution in [-0.2, 0) is 19.1 Å². The third-order valence-electron chi connectivity index (χ3n) is 9.57. The molecule has 14 nitrogen and oxygen atoms in total. The Morgan fingerprint density at radius 1 is 1.14 bits per heavy atom. The molecule has 274 valence electrons. The number of fused-ring (bicyclic) bond motifs is 2. The van der Waals surface area contributed by atoms with Crippen LogP contribution in [0, 0.1) is 17.8 Å². The molecule has 8 atom stereocenters. The molecule has 0 radical (unpaired) electrons. The minimum absolute atomic E-state index is 0.0136. The number of aliphatic hydroxyl groups is 3. The van der Waals surface area contributed by atoms with Gasteiger partial charge in [-0.25, -0.2) is 4.79 Å². The number of nitrogens with one attached hydrogen (secondary N) is 1. The normalized spacial score (nSPS) is 31.4. The van der Waals surface area contributed by atoms with Gasteiger partial charge in [-0.05, 0) is 59.7 Å². The van der Waals surface area contributed by atoms with Crippen LogP contribution in [0.5, 0.6) is 17.2 Å². The Morgan fingerprint density at radius 2 is 1.90 bits per heavy atom. The lowest BCUT2D eigenvalue weighted by Gasteiger charge is -2.48. The summed E-state index contributed by atoms with van der Waals surface area (Å²) in [6.07, 6.45) is -4.05. The van der Waals surface area contributed by atoms with Gasteiger partial charge in [0, 0.05) is 24.6 Å². The highest BCUT2D eigenvalue weighted by Gasteiger charge is 2.59. The number of aliphatic carboxylic acids is 1.